The molecule has 9 nitrogen and oxygen atoms in total. The number of amides is 2. The molecule has 0 bridgehead atoms. The Labute approximate surface area is 156 Å². The van der Waals surface area contributed by atoms with Crippen LogP contribution in [0.4, 0.5) is 0 Å². The van der Waals surface area contributed by atoms with E-state index in [1.807, 2.05) is 30.3 Å². The first-order valence-corrected chi connectivity index (χ1v) is 8.69. The number of benzene rings is 1. The minimum absolute atomic E-state index is 0.00351. The molecule has 1 aliphatic heterocycles. The number of likely N-dealkylation sites (tertiary alicyclic amines) is 1. The van der Waals surface area contributed by atoms with Crippen LogP contribution in [-0.2, 0) is 9.59 Å². The van der Waals surface area contributed by atoms with Crippen molar-refractivity contribution in [1.29, 1.82) is 0 Å². The van der Waals surface area contributed by atoms with Gasteiger partial charge in [0.25, 0.3) is 5.91 Å². The Hall–Kier alpha value is -3.23. The average molecular weight is 371 g/mol. The number of carbonyl (C=O) groups is 3. The number of aliphatic carboxylic acids is 1. The second-order valence-electron chi connectivity index (χ2n) is 6.53. The van der Waals surface area contributed by atoms with Crippen molar-refractivity contribution in [3.63, 3.8) is 0 Å². The van der Waals surface area contributed by atoms with Crippen LogP contribution >= 0.6 is 0 Å². The van der Waals surface area contributed by atoms with Gasteiger partial charge in [0.05, 0.1) is 18.2 Å². The molecule has 1 saturated heterocycles. The maximum absolute atomic E-state index is 12.5. The summed E-state index contributed by atoms with van der Waals surface area (Å²) in [4.78, 5) is 42.8. The molecule has 2 amide bonds. The fraction of sp³-hybridized carbons (Fsp3) is 0.389. The smallest absolute Gasteiger partial charge is 0.308 e. The highest BCUT2D eigenvalue weighted by atomic mass is 16.4. The second kappa shape index (κ2) is 7.98. The van der Waals surface area contributed by atoms with Gasteiger partial charge in [0.15, 0.2) is 0 Å². The lowest BCUT2D eigenvalue weighted by Gasteiger charge is -2.31. The van der Waals surface area contributed by atoms with Gasteiger partial charge < -0.3 is 14.9 Å². The highest BCUT2D eigenvalue weighted by molar-refractivity contribution is 5.93. The van der Waals surface area contributed by atoms with Crippen molar-refractivity contribution in [1.82, 2.24) is 24.6 Å². The molecule has 2 aromatic rings. The van der Waals surface area contributed by atoms with Crippen molar-refractivity contribution in [2.75, 3.05) is 26.7 Å². The zero-order valence-electron chi connectivity index (χ0n) is 15.0. The molecule has 1 fully saturated rings. The Morgan fingerprint density at radius 1 is 1.26 bits per heavy atom. The Morgan fingerprint density at radius 2 is 2.00 bits per heavy atom. The molecule has 0 saturated carbocycles. The summed E-state index contributed by atoms with van der Waals surface area (Å²) in [6.07, 6.45) is 2.65. The third-order valence-electron chi connectivity index (χ3n) is 4.55. The summed E-state index contributed by atoms with van der Waals surface area (Å²) in [5.74, 6) is -2.19. The Kier molecular flexibility index (Phi) is 5.49. The van der Waals surface area contributed by atoms with Crippen LogP contribution in [0.3, 0.4) is 0 Å². The molecular formula is C18H21N5O4. The summed E-state index contributed by atoms with van der Waals surface area (Å²) in [6, 6.07) is 9.26. The van der Waals surface area contributed by atoms with Crippen LogP contribution < -0.4 is 0 Å². The van der Waals surface area contributed by atoms with E-state index in [4.69, 9.17) is 5.11 Å². The van der Waals surface area contributed by atoms with Gasteiger partial charge in [-0.3, -0.25) is 14.4 Å². The average Bonchev–Trinajstić information content (AvgIpc) is 3.18. The minimum Gasteiger partial charge on any atom is -0.481 e. The number of carboxylic acid groups (broad SMARTS) is 1. The van der Waals surface area contributed by atoms with E-state index in [0.29, 0.717) is 19.4 Å². The summed E-state index contributed by atoms with van der Waals surface area (Å²) in [5.41, 5.74) is 0.774. The molecule has 1 N–H and O–H groups in total. The van der Waals surface area contributed by atoms with E-state index < -0.39 is 17.8 Å². The Morgan fingerprint density at radius 3 is 2.70 bits per heavy atom. The van der Waals surface area contributed by atoms with Gasteiger partial charge in [0, 0.05) is 20.1 Å². The van der Waals surface area contributed by atoms with Crippen LogP contribution in [0.25, 0.3) is 5.69 Å². The third kappa shape index (κ3) is 4.30. The van der Waals surface area contributed by atoms with Crippen LogP contribution in [0.2, 0.25) is 0 Å². The standard InChI is InChI=1S/C18H21N5O4/c1-21(11-15(24)22-9-5-6-13(10-22)18(26)27)17(25)16-19-12-23(20-16)14-7-3-2-4-8-14/h2-4,7-8,12-13H,5-6,9-11H2,1H3,(H,26,27). The first-order valence-electron chi connectivity index (χ1n) is 8.69. The number of hydrogen-bond acceptors (Lipinski definition) is 5. The molecule has 0 aliphatic carbocycles. The predicted molar refractivity (Wildman–Crippen MR) is 95.3 cm³/mol. The number of rotatable bonds is 5. The number of hydrogen-bond donors (Lipinski definition) is 1. The minimum atomic E-state index is -0.896. The van der Waals surface area contributed by atoms with E-state index in [2.05, 4.69) is 10.1 Å². The summed E-state index contributed by atoms with van der Waals surface area (Å²) in [6.45, 7) is 0.535. The van der Waals surface area contributed by atoms with Gasteiger partial charge in [-0.05, 0) is 25.0 Å². The largest absolute Gasteiger partial charge is 0.481 e. The monoisotopic (exact) mass is 371 g/mol. The molecule has 1 aliphatic rings. The SMILES string of the molecule is CN(CC(=O)N1CCCC(C(=O)O)C1)C(=O)c1ncn(-c2ccccc2)n1. The number of para-hydroxylation sites is 1. The Bertz CT molecular complexity index is 835. The van der Waals surface area contributed by atoms with E-state index in [-0.39, 0.29) is 24.8 Å². The van der Waals surface area contributed by atoms with E-state index in [0.717, 1.165) is 5.69 Å². The van der Waals surface area contributed by atoms with E-state index in [1.54, 1.807) is 0 Å². The van der Waals surface area contributed by atoms with E-state index in [9.17, 15) is 14.4 Å². The van der Waals surface area contributed by atoms with Crippen LogP contribution in [0.5, 0.6) is 0 Å². The zero-order chi connectivity index (χ0) is 19.4. The van der Waals surface area contributed by atoms with Gasteiger partial charge in [-0.25, -0.2) is 9.67 Å². The van der Waals surface area contributed by atoms with Gasteiger partial charge in [-0.15, -0.1) is 5.10 Å². The highest BCUT2D eigenvalue weighted by Gasteiger charge is 2.29. The number of nitrogens with zero attached hydrogens (tertiary/aromatic N) is 5. The maximum Gasteiger partial charge on any atom is 0.308 e. The van der Waals surface area contributed by atoms with E-state index >= 15 is 0 Å². The number of likely N-dealkylation sites (N-methyl/N-ethyl adjacent to an activating group) is 1. The number of aromatic nitrogens is 3. The van der Waals surface area contributed by atoms with Crippen molar-refractivity contribution < 1.29 is 19.5 Å². The summed E-state index contributed by atoms with van der Waals surface area (Å²) < 4.78 is 1.49. The molecule has 2 heterocycles. The number of piperidine rings is 1. The van der Waals surface area contributed by atoms with Crippen LogP contribution in [0.1, 0.15) is 23.5 Å². The zero-order valence-corrected chi connectivity index (χ0v) is 15.0. The number of carboxylic acids is 1. The summed E-state index contributed by atoms with van der Waals surface area (Å²) in [7, 11) is 1.50. The van der Waals surface area contributed by atoms with Crippen molar-refractivity contribution >= 4 is 17.8 Å². The topological polar surface area (TPSA) is 109 Å². The molecule has 9 heteroatoms. The molecule has 1 unspecified atom stereocenters. The fourth-order valence-electron chi connectivity index (χ4n) is 3.02. The first-order chi connectivity index (χ1) is 13.0. The van der Waals surface area contributed by atoms with Gasteiger partial charge in [0.1, 0.15) is 6.33 Å². The molecule has 1 atom stereocenters. The molecule has 1 aromatic heterocycles. The second-order valence-corrected chi connectivity index (χ2v) is 6.53. The lowest BCUT2D eigenvalue weighted by Crippen LogP contribution is -2.47. The fourth-order valence-corrected chi connectivity index (χ4v) is 3.02. The highest BCUT2D eigenvalue weighted by Crippen LogP contribution is 2.17. The summed E-state index contributed by atoms with van der Waals surface area (Å²) in [5, 5.41) is 13.3. The maximum atomic E-state index is 12.5. The quantitative estimate of drug-likeness (QED) is 0.827. The molecule has 3 rings (SSSR count). The van der Waals surface area contributed by atoms with E-state index in [1.165, 1.54) is 27.9 Å². The molecule has 1 aromatic carbocycles. The van der Waals surface area contributed by atoms with Gasteiger partial charge in [-0.2, -0.15) is 0 Å². The normalized spacial score (nSPS) is 16.8. The first kappa shape index (κ1) is 18.6. The van der Waals surface area contributed by atoms with Crippen molar-refractivity contribution in [3.05, 3.63) is 42.5 Å². The molecule has 0 radical (unpaired) electrons. The van der Waals surface area contributed by atoms with Crippen LogP contribution in [0, 0.1) is 5.92 Å². The predicted octanol–water partition coefficient (Wildman–Crippen LogP) is 0.663. The van der Waals surface area contributed by atoms with Crippen LogP contribution in [-0.4, -0.2) is 74.1 Å². The van der Waals surface area contributed by atoms with Gasteiger partial charge >= 0.3 is 5.97 Å². The lowest BCUT2D eigenvalue weighted by atomic mass is 9.98. The number of carbonyl (C=O) groups excluding carboxylic acids is 2. The van der Waals surface area contributed by atoms with Crippen LogP contribution in [0.15, 0.2) is 36.7 Å². The molecular weight excluding hydrogens is 350 g/mol. The third-order valence-corrected chi connectivity index (χ3v) is 4.55. The molecule has 0 spiro atoms. The molecule has 27 heavy (non-hydrogen) atoms. The van der Waals surface area contributed by atoms with Gasteiger partial charge in [-0.1, -0.05) is 18.2 Å². The Balaban J connectivity index is 1.61. The van der Waals surface area contributed by atoms with Crippen molar-refractivity contribution in [2.24, 2.45) is 5.92 Å². The lowest BCUT2D eigenvalue weighted by molar-refractivity contribution is -0.145. The molecule has 142 valence electrons. The van der Waals surface area contributed by atoms with Crippen molar-refractivity contribution in [2.45, 2.75) is 12.8 Å². The summed E-state index contributed by atoms with van der Waals surface area (Å²) >= 11 is 0. The van der Waals surface area contributed by atoms with Crippen molar-refractivity contribution in [3.8, 4) is 5.69 Å². The van der Waals surface area contributed by atoms with Gasteiger partial charge in [0.2, 0.25) is 11.7 Å².